The van der Waals surface area contributed by atoms with Crippen LogP contribution < -0.4 is 0 Å². The highest BCUT2D eigenvalue weighted by Gasteiger charge is 2.06. The van der Waals surface area contributed by atoms with Crippen molar-refractivity contribution in [2.45, 2.75) is 27.7 Å². The van der Waals surface area contributed by atoms with Gasteiger partial charge < -0.3 is 9.64 Å². The lowest BCUT2D eigenvalue weighted by molar-refractivity contribution is 0.181. The standard InChI is InChI=1S/C8H18N2O.C2H6/c1-7(2)8(9)10(3)5-6-11-4;1-2/h7,9H,5-6H2,1-4H3;1-2H3. The van der Waals surface area contributed by atoms with Gasteiger partial charge in [0.25, 0.3) is 0 Å². The minimum absolute atomic E-state index is 0.303. The molecule has 0 aliphatic carbocycles. The Hall–Kier alpha value is -0.570. The third-order valence-electron chi connectivity index (χ3n) is 1.59. The molecule has 0 saturated carbocycles. The van der Waals surface area contributed by atoms with Gasteiger partial charge in [-0.05, 0) is 0 Å². The van der Waals surface area contributed by atoms with E-state index in [0.717, 1.165) is 6.54 Å². The maximum absolute atomic E-state index is 7.60. The first-order valence-electron chi connectivity index (χ1n) is 4.88. The van der Waals surface area contributed by atoms with E-state index in [1.165, 1.54) is 0 Å². The summed E-state index contributed by atoms with van der Waals surface area (Å²) in [5, 5.41) is 7.60. The monoisotopic (exact) mass is 188 g/mol. The van der Waals surface area contributed by atoms with Gasteiger partial charge in [0, 0.05) is 26.6 Å². The van der Waals surface area contributed by atoms with E-state index in [1.54, 1.807) is 7.11 Å². The van der Waals surface area contributed by atoms with Crippen molar-refractivity contribution in [2.75, 3.05) is 27.3 Å². The Balaban J connectivity index is 0. The highest BCUT2D eigenvalue weighted by molar-refractivity contribution is 5.80. The number of rotatable bonds is 4. The highest BCUT2D eigenvalue weighted by atomic mass is 16.5. The molecule has 0 radical (unpaired) electrons. The van der Waals surface area contributed by atoms with Gasteiger partial charge >= 0.3 is 0 Å². The summed E-state index contributed by atoms with van der Waals surface area (Å²) in [5.41, 5.74) is 0. The molecule has 0 aromatic rings. The van der Waals surface area contributed by atoms with Crippen molar-refractivity contribution in [2.24, 2.45) is 5.92 Å². The van der Waals surface area contributed by atoms with Crippen LogP contribution >= 0.6 is 0 Å². The molecule has 3 heteroatoms. The van der Waals surface area contributed by atoms with E-state index in [-0.39, 0.29) is 0 Å². The van der Waals surface area contributed by atoms with Crippen molar-refractivity contribution in [1.29, 1.82) is 5.41 Å². The third-order valence-corrected chi connectivity index (χ3v) is 1.59. The first-order valence-corrected chi connectivity index (χ1v) is 4.88. The van der Waals surface area contributed by atoms with Crippen LogP contribution in [0.2, 0.25) is 0 Å². The number of hydrogen-bond donors (Lipinski definition) is 1. The zero-order valence-corrected chi connectivity index (χ0v) is 9.85. The van der Waals surface area contributed by atoms with Gasteiger partial charge in [0.1, 0.15) is 0 Å². The van der Waals surface area contributed by atoms with Crippen LogP contribution in [0.25, 0.3) is 0 Å². The van der Waals surface area contributed by atoms with Crippen molar-refractivity contribution >= 4 is 5.84 Å². The second kappa shape index (κ2) is 9.52. The van der Waals surface area contributed by atoms with E-state index in [0.29, 0.717) is 18.4 Å². The molecular weight excluding hydrogens is 164 g/mol. The second-order valence-corrected chi connectivity index (χ2v) is 2.95. The van der Waals surface area contributed by atoms with Gasteiger partial charge in [0.2, 0.25) is 0 Å². The number of ether oxygens (including phenoxy) is 1. The molecule has 3 nitrogen and oxygen atoms in total. The van der Waals surface area contributed by atoms with Crippen LogP contribution in [0.5, 0.6) is 0 Å². The lowest BCUT2D eigenvalue weighted by atomic mass is 10.2. The number of methoxy groups -OCH3 is 1. The van der Waals surface area contributed by atoms with Crippen LogP contribution in [-0.4, -0.2) is 38.0 Å². The SMILES string of the molecule is CC.COCCN(C)C(=N)C(C)C. The largest absolute Gasteiger partial charge is 0.383 e. The Morgan fingerprint density at radius 2 is 1.85 bits per heavy atom. The normalized spacial score (nSPS) is 9.15. The zero-order valence-electron chi connectivity index (χ0n) is 9.85. The van der Waals surface area contributed by atoms with Crippen LogP contribution in [0.1, 0.15) is 27.7 Å². The number of hydrogen-bond acceptors (Lipinski definition) is 2. The molecule has 0 heterocycles. The number of amidine groups is 1. The lowest BCUT2D eigenvalue weighted by Crippen LogP contribution is -2.32. The maximum atomic E-state index is 7.60. The predicted molar refractivity (Wildman–Crippen MR) is 58.4 cm³/mol. The van der Waals surface area contributed by atoms with E-state index < -0.39 is 0 Å². The molecule has 80 valence electrons. The summed E-state index contributed by atoms with van der Waals surface area (Å²) in [5.74, 6) is 0.971. The molecule has 0 spiro atoms. The van der Waals surface area contributed by atoms with Gasteiger partial charge in [-0.15, -0.1) is 0 Å². The van der Waals surface area contributed by atoms with E-state index in [4.69, 9.17) is 10.1 Å². The van der Waals surface area contributed by atoms with E-state index in [9.17, 15) is 0 Å². The molecule has 0 aromatic heterocycles. The molecule has 0 aromatic carbocycles. The van der Waals surface area contributed by atoms with Crippen molar-refractivity contribution in [3.05, 3.63) is 0 Å². The van der Waals surface area contributed by atoms with Gasteiger partial charge in [0.15, 0.2) is 0 Å². The van der Waals surface area contributed by atoms with Crippen molar-refractivity contribution in [3.8, 4) is 0 Å². The van der Waals surface area contributed by atoms with Crippen LogP contribution in [0.4, 0.5) is 0 Å². The second-order valence-electron chi connectivity index (χ2n) is 2.95. The first-order chi connectivity index (χ1) is 6.09. The Labute approximate surface area is 82.6 Å². The number of nitrogens with zero attached hydrogens (tertiary/aromatic N) is 1. The summed E-state index contributed by atoms with van der Waals surface area (Å²) in [4.78, 5) is 1.91. The molecule has 0 aliphatic rings. The maximum Gasteiger partial charge on any atom is 0.0982 e. The van der Waals surface area contributed by atoms with E-state index in [1.807, 2.05) is 39.6 Å². The van der Waals surface area contributed by atoms with Gasteiger partial charge in [-0.1, -0.05) is 27.7 Å². The molecule has 0 saturated heterocycles. The van der Waals surface area contributed by atoms with Crippen LogP contribution in [-0.2, 0) is 4.74 Å². The summed E-state index contributed by atoms with van der Waals surface area (Å²) >= 11 is 0. The fourth-order valence-corrected chi connectivity index (χ4v) is 0.789. The molecule has 0 rings (SSSR count). The number of likely N-dealkylation sites (N-methyl/N-ethyl adjacent to an activating group) is 1. The summed E-state index contributed by atoms with van der Waals surface area (Å²) in [7, 11) is 3.59. The first kappa shape index (κ1) is 14.9. The molecule has 1 N–H and O–H groups in total. The van der Waals surface area contributed by atoms with Crippen LogP contribution in [0, 0.1) is 11.3 Å². The average molecular weight is 188 g/mol. The third kappa shape index (κ3) is 7.78. The van der Waals surface area contributed by atoms with Gasteiger partial charge in [-0.25, -0.2) is 0 Å². The van der Waals surface area contributed by atoms with E-state index >= 15 is 0 Å². The number of nitrogens with one attached hydrogen (secondary N) is 1. The van der Waals surface area contributed by atoms with E-state index in [2.05, 4.69) is 0 Å². The minimum Gasteiger partial charge on any atom is -0.383 e. The van der Waals surface area contributed by atoms with Crippen LogP contribution in [0.3, 0.4) is 0 Å². The van der Waals surface area contributed by atoms with Crippen molar-refractivity contribution in [1.82, 2.24) is 4.90 Å². The highest BCUT2D eigenvalue weighted by Crippen LogP contribution is 1.98. The zero-order chi connectivity index (χ0) is 10.9. The molecule has 0 atom stereocenters. The topological polar surface area (TPSA) is 36.3 Å². The Morgan fingerprint density at radius 3 is 2.15 bits per heavy atom. The lowest BCUT2D eigenvalue weighted by Gasteiger charge is -2.21. The smallest absolute Gasteiger partial charge is 0.0982 e. The molecule has 0 bridgehead atoms. The molecular formula is C10H24N2O. The summed E-state index contributed by atoms with van der Waals surface area (Å²) in [6, 6.07) is 0. The Morgan fingerprint density at radius 1 is 1.38 bits per heavy atom. The van der Waals surface area contributed by atoms with Crippen molar-refractivity contribution in [3.63, 3.8) is 0 Å². The predicted octanol–water partition coefficient (Wildman–Crippen LogP) is 2.22. The molecule has 13 heavy (non-hydrogen) atoms. The van der Waals surface area contributed by atoms with Gasteiger partial charge in [-0.3, -0.25) is 5.41 Å². The van der Waals surface area contributed by atoms with Gasteiger partial charge in [-0.2, -0.15) is 0 Å². The summed E-state index contributed by atoms with van der Waals surface area (Å²) in [6.07, 6.45) is 0. The molecule has 0 fully saturated rings. The summed E-state index contributed by atoms with van der Waals surface area (Å²) in [6.45, 7) is 9.52. The Kier molecular flexibility index (Phi) is 10.9. The Bertz CT molecular complexity index is 124. The minimum atomic E-state index is 0.303. The van der Waals surface area contributed by atoms with Crippen LogP contribution in [0.15, 0.2) is 0 Å². The molecule has 0 aliphatic heterocycles. The quantitative estimate of drug-likeness (QED) is 0.542. The van der Waals surface area contributed by atoms with Gasteiger partial charge in [0.05, 0.1) is 12.4 Å². The van der Waals surface area contributed by atoms with Crippen molar-refractivity contribution < 1.29 is 4.74 Å². The molecule has 0 amide bonds. The average Bonchev–Trinajstić information content (AvgIpc) is 2.16. The fourth-order valence-electron chi connectivity index (χ4n) is 0.789. The molecule has 0 unspecified atom stereocenters. The summed E-state index contributed by atoms with van der Waals surface area (Å²) < 4.78 is 4.90. The fraction of sp³-hybridized carbons (Fsp3) is 0.900.